The van der Waals surface area contributed by atoms with Crippen molar-refractivity contribution in [3.8, 4) is 0 Å². The van der Waals surface area contributed by atoms with E-state index in [9.17, 15) is 13.2 Å². The Bertz CT molecular complexity index is 578. The van der Waals surface area contributed by atoms with Gasteiger partial charge >= 0.3 is 13.7 Å². The first-order chi connectivity index (χ1) is 11.0. The van der Waals surface area contributed by atoms with Gasteiger partial charge in [0, 0.05) is 27.4 Å². The topological polar surface area (TPSA) is 47.0 Å². The fraction of sp³-hybridized carbons (Fsp3) is 0.600. The summed E-state index contributed by atoms with van der Waals surface area (Å²) in [7, 11) is 4.74. The highest BCUT2D eigenvalue weighted by atomic mass is 19.4. The van der Waals surface area contributed by atoms with E-state index < -0.39 is 17.3 Å². The van der Waals surface area contributed by atoms with Gasteiger partial charge in [-0.3, -0.25) is 0 Å². The van der Waals surface area contributed by atoms with E-state index in [1.54, 1.807) is 39.8 Å². The number of hydrogen-bond donors (Lipinski definition) is 0. The number of pyridine rings is 1. The number of aliphatic imine (C=N–C) groups is 1. The van der Waals surface area contributed by atoms with Crippen LogP contribution in [-0.2, 0) is 15.6 Å². The van der Waals surface area contributed by atoms with Crippen LogP contribution in [0.25, 0.3) is 0 Å². The highest BCUT2D eigenvalue weighted by molar-refractivity contribution is 6.47. The van der Waals surface area contributed by atoms with Crippen LogP contribution < -0.4 is 5.46 Å². The molecule has 0 aliphatic heterocycles. The van der Waals surface area contributed by atoms with Gasteiger partial charge in [-0.1, -0.05) is 0 Å². The Morgan fingerprint density at radius 3 is 2.46 bits per heavy atom. The van der Waals surface area contributed by atoms with E-state index in [-0.39, 0.29) is 24.9 Å². The molecule has 0 radical (unpaired) electrons. The Morgan fingerprint density at radius 1 is 1.33 bits per heavy atom. The minimum atomic E-state index is -4.51. The summed E-state index contributed by atoms with van der Waals surface area (Å²) in [5.74, 6) is -0.00991. The first-order valence-corrected chi connectivity index (χ1v) is 7.41. The maximum absolute atomic E-state index is 13.3. The Hall–Kier alpha value is -1.61. The van der Waals surface area contributed by atoms with Gasteiger partial charge in [-0.05, 0) is 32.3 Å². The minimum absolute atomic E-state index is 0.00991. The van der Waals surface area contributed by atoms with Crippen LogP contribution in [0.5, 0.6) is 0 Å². The van der Waals surface area contributed by atoms with Gasteiger partial charge in [0.1, 0.15) is 0 Å². The molecule has 9 heteroatoms. The smallest absolute Gasteiger partial charge is 0.416 e. The van der Waals surface area contributed by atoms with E-state index in [0.29, 0.717) is 0 Å². The standard InChI is InChI=1S/C15H23BF3N3O2/c1-10(23-6)14(2,3)24-16-12-8-20-13(21-9-22(4)5)7-11(12)15(17,18)19/h7-10,16H,1-6H3/b21-9+. The van der Waals surface area contributed by atoms with Gasteiger partial charge < -0.3 is 14.3 Å². The van der Waals surface area contributed by atoms with E-state index in [4.69, 9.17) is 9.39 Å². The van der Waals surface area contributed by atoms with Gasteiger partial charge in [-0.2, -0.15) is 13.2 Å². The molecule has 0 aromatic carbocycles. The van der Waals surface area contributed by atoms with Crippen molar-refractivity contribution in [2.24, 2.45) is 4.99 Å². The van der Waals surface area contributed by atoms with Gasteiger partial charge in [-0.25, -0.2) is 9.98 Å². The van der Waals surface area contributed by atoms with Crippen molar-refractivity contribution in [1.82, 2.24) is 9.88 Å². The monoisotopic (exact) mass is 345 g/mol. The highest BCUT2D eigenvalue weighted by Gasteiger charge is 2.35. The second-order valence-electron chi connectivity index (χ2n) is 6.18. The second-order valence-corrected chi connectivity index (χ2v) is 6.18. The molecule has 24 heavy (non-hydrogen) atoms. The molecule has 5 nitrogen and oxygen atoms in total. The van der Waals surface area contributed by atoms with E-state index >= 15 is 0 Å². The van der Waals surface area contributed by atoms with Crippen LogP contribution in [0.1, 0.15) is 26.3 Å². The van der Waals surface area contributed by atoms with Crippen LogP contribution in [0.2, 0.25) is 0 Å². The summed E-state index contributed by atoms with van der Waals surface area (Å²) in [4.78, 5) is 9.47. The summed E-state index contributed by atoms with van der Waals surface area (Å²) in [6, 6.07) is 0.922. The predicted molar refractivity (Wildman–Crippen MR) is 89.5 cm³/mol. The van der Waals surface area contributed by atoms with E-state index in [1.165, 1.54) is 13.4 Å². The third-order valence-electron chi connectivity index (χ3n) is 3.63. The number of methoxy groups -OCH3 is 1. The molecule has 0 spiro atoms. The zero-order valence-electron chi connectivity index (χ0n) is 14.8. The summed E-state index contributed by atoms with van der Waals surface area (Å²) in [6.07, 6.45) is -2.24. The van der Waals surface area contributed by atoms with Gasteiger partial charge in [0.05, 0.1) is 23.6 Å². The van der Waals surface area contributed by atoms with Crippen LogP contribution in [0.4, 0.5) is 19.0 Å². The van der Waals surface area contributed by atoms with Crippen molar-refractivity contribution in [3.05, 3.63) is 17.8 Å². The van der Waals surface area contributed by atoms with Gasteiger partial charge in [0.15, 0.2) is 5.82 Å². The third-order valence-corrected chi connectivity index (χ3v) is 3.63. The first kappa shape index (κ1) is 20.4. The number of alkyl halides is 3. The van der Waals surface area contributed by atoms with Crippen molar-refractivity contribution in [1.29, 1.82) is 0 Å². The molecule has 0 N–H and O–H groups in total. The molecule has 1 rings (SSSR count). The summed E-state index contributed by atoms with van der Waals surface area (Å²) in [5.41, 5.74) is -1.58. The molecule has 1 atom stereocenters. The zero-order valence-corrected chi connectivity index (χ0v) is 14.8. The van der Waals surface area contributed by atoms with E-state index in [0.717, 1.165) is 12.3 Å². The Kier molecular flexibility index (Phi) is 6.80. The Morgan fingerprint density at radius 2 is 1.96 bits per heavy atom. The molecule has 0 bridgehead atoms. The lowest BCUT2D eigenvalue weighted by Crippen LogP contribution is -2.42. The summed E-state index contributed by atoms with van der Waals surface area (Å²) >= 11 is 0. The van der Waals surface area contributed by atoms with Crippen LogP contribution in [0.3, 0.4) is 0 Å². The maximum Gasteiger partial charge on any atom is 0.416 e. The molecule has 1 unspecified atom stereocenters. The quantitative estimate of drug-likeness (QED) is 0.432. The number of ether oxygens (including phenoxy) is 1. The van der Waals surface area contributed by atoms with E-state index in [2.05, 4.69) is 9.98 Å². The number of aromatic nitrogens is 1. The fourth-order valence-electron chi connectivity index (χ4n) is 1.76. The number of halogens is 3. The largest absolute Gasteiger partial charge is 0.427 e. The van der Waals surface area contributed by atoms with Crippen molar-refractivity contribution in [2.45, 2.75) is 38.7 Å². The van der Waals surface area contributed by atoms with Crippen molar-refractivity contribution < 1.29 is 22.6 Å². The molecule has 0 aliphatic carbocycles. The van der Waals surface area contributed by atoms with Gasteiger partial charge in [0.2, 0.25) is 0 Å². The fourth-order valence-corrected chi connectivity index (χ4v) is 1.76. The second kappa shape index (κ2) is 7.98. The van der Waals surface area contributed by atoms with Crippen LogP contribution in [-0.4, -0.2) is 56.6 Å². The predicted octanol–water partition coefficient (Wildman–Crippen LogP) is 2.13. The Labute approximate surface area is 141 Å². The summed E-state index contributed by atoms with van der Waals surface area (Å²) < 4.78 is 50.7. The van der Waals surface area contributed by atoms with Gasteiger partial charge in [-0.15, -0.1) is 0 Å². The normalized spacial score (nSPS) is 14.0. The molecule has 0 saturated heterocycles. The van der Waals surface area contributed by atoms with Crippen molar-refractivity contribution >= 4 is 25.1 Å². The molecular formula is C15H23BF3N3O2. The minimum Gasteiger partial charge on any atom is -0.427 e. The van der Waals surface area contributed by atoms with Crippen molar-refractivity contribution in [2.75, 3.05) is 21.2 Å². The third kappa shape index (κ3) is 5.79. The lowest BCUT2D eigenvalue weighted by atomic mass is 9.83. The molecule has 1 aromatic heterocycles. The lowest BCUT2D eigenvalue weighted by molar-refractivity contribution is -0.136. The molecule has 1 heterocycles. The SMILES string of the molecule is COC(C)C(C)(C)OBc1cnc(/N=C/N(C)C)cc1C(F)(F)F. The van der Waals surface area contributed by atoms with Crippen LogP contribution in [0.15, 0.2) is 17.3 Å². The van der Waals surface area contributed by atoms with Crippen molar-refractivity contribution in [3.63, 3.8) is 0 Å². The molecule has 0 fully saturated rings. The van der Waals surface area contributed by atoms with Crippen LogP contribution in [0, 0.1) is 0 Å². The zero-order chi connectivity index (χ0) is 18.5. The lowest BCUT2D eigenvalue weighted by Gasteiger charge is -2.31. The summed E-state index contributed by atoms with van der Waals surface area (Å²) in [6.45, 7) is 5.32. The van der Waals surface area contributed by atoms with Gasteiger partial charge in [0.25, 0.3) is 0 Å². The number of nitrogens with zero attached hydrogens (tertiary/aromatic N) is 3. The Balaban J connectivity index is 3.06. The van der Waals surface area contributed by atoms with E-state index in [1.807, 2.05) is 0 Å². The molecule has 1 aromatic rings. The average Bonchev–Trinajstić information content (AvgIpc) is 2.49. The molecular weight excluding hydrogens is 322 g/mol. The summed E-state index contributed by atoms with van der Waals surface area (Å²) in [5, 5.41) is 0. The molecule has 0 amide bonds. The highest BCUT2D eigenvalue weighted by Crippen LogP contribution is 2.29. The molecule has 0 aliphatic rings. The van der Waals surface area contributed by atoms with Crippen LogP contribution >= 0.6 is 0 Å². The number of rotatable bonds is 7. The number of hydrogen-bond acceptors (Lipinski definition) is 4. The average molecular weight is 345 g/mol. The molecule has 0 saturated carbocycles. The molecule has 134 valence electrons. The maximum atomic E-state index is 13.3. The first-order valence-electron chi connectivity index (χ1n) is 7.41.